The van der Waals surface area contributed by atoms with Gasteiger partial charge in [-0.2, -0.15) is 0 Å². The van der Waals surface area contributed by atoms with Crippen LogP contribution in [0.15, 0.2) is 0 Å². The van der Waals surface area contributed by atoms with Gasteiger partial charge in [-0.3, -0.25) is 10.0 Å². The Hall–Kier alpha value is -0.690. The molecule has 0 aliphatic rings. The number of rotatable bonds is 4. The number of nitrogens with zero attached hydrogens (tertiary/aromatic N) is 1. The fourth-order valence-corrected chi connectivity index (χ4v) is 0.276. The summed E-state index contributed by atoms with van der Waals surface area (Å²) in [6, 6.07) is 0. The third kappa shape index (κ3) is 4.21. The first-order valence-corrected chi connectivity index (χ1v) is 2.69. The van der Waals surface area contributed by atoms with Crippen LogP contribution >= 0.6 is 0 Å². The van der Waals surface area contributed by atoms with Crippen LogP contribution < -0.4 is 5.90 Å². The smallest absolute Gasteiger partial charge is 0.340 e. The number of carbonyl (C=O) groups is 1. The molecule has 0 unspecified atom stereocenters. The van der Waals surface area contributed by atoms with Gasteiger partial charge in [0.05, 0.1) is 6.54 Å². The SMILES string of the molecule is CCN(O)OC(=O)CON. The van der Waals surface area contributed by atoms with E-state index in [1.807, 2.05) is 0 Å². The fourth-order valence-electron chi connectivity index (χ4n) is 0.276. The van der Waals surface area contributed by atoms with Crippen molar-refractivity contribution in [2.24, 2.45) is 5.90 Å². The van der Waals surface area contributed by atoms with Gasteiger partial charge in [0.15, 0.2) is 6.61 Å². The van der Waals surface area contributed by atoms with E-state index in [9.17, 15) is 4.79 Å². The van der Waals surface area contributed by atoms with E-state index in [1.54, 1.807) is 6.92 Å². The summed E-state index contributed by atoms with van der Waals surface area (Å²) in [4.78, 5) is 18.5. The average Bonchev–Trinajstić information content (AvgIpc) is 1.88. The van der Waals surface area contributed by atoms with Gasteiger partial charge in [0.2, 0.25) is 0 Å². The van der Waals surface area contributed by atoms with Gasteiger partial charge in [-0.1, -0.05) is 0 Å². The number of hydrogen-bond donors (Lipinski definition) is 2. The molecule has 0 rings (SSSR count). The molecule has 0 radical (unpaired) electrons. The van der Waals surface area contributed by atoms with Gasteiger partial charge < -0.3 is 4.84 Å². The summed E-state index contributed by atoms with van der Waals surface area (Å²) in [6.45, 7) is 1.42. The highest BCUT2D eigenvalue weighted by molar-refractivity contribution is 5.70. The first kappa shape index (κ1) is 9.31. The van der Waals surface area contributed by atoms with E-state index in [0.29, 0.717) is 5.23 Å². The maximum Gasteiger partial charge on any atom is 0.355 e. The highest BCUT2D eigenvalue weighted by Gasteiger charge is 2.05. The zero-order chi connectivity index (χ0) is 7.98. The highest BCUT2D eigenvalue weighted by Crippen LogP contribution is 1.84. The molecule has 0 amide bonds. The fraction of sp³-hybridized carbons (Fsp3) is 0.750. The molecule has 0 aromatic rings. The molecule has 0 aromatic heterocycles. The topological polar surface area (TPSA) is 85.0 Å². The van der Waals surface area contributed by atoms with Gasteiger partial charge in [0, 0.05) is 0 Å². The number of nitrogens with two attached hydrogens (primary N) is 1. The van der Waals surface area contributed by atoms with Crippen molar-refractivity contribution in [3.05, 3.63) is 0 Å². The molecule has 0 fully saturated rings. The van der Waals surface area contributed by atoms with Gasteiger partial charge >= 0.3 is 5.97 Å². The molecule has 0 bridgehead atoms. The average molecular weight is 150 g/mol. The Morgan fingerprint density at radius 1 is 1.80 bits per heavy atom. The van der Waals surface area contributed by atoms with Crippen LogP contribution in [0.4, 0.5) is 0 Å². The van der Waals surface area contributed by atoms with E-state index in [-0.39, 0.29) is 13.2 Å². The summed E-state index contributed by atoms with van der Waals surface area (Å²) in [6.07, 6.45) is 0. The highest BCUT2D eigenvalue weighted by atomic mass is 16.9. The Kier molecular flexibility index (Phi) is 4.77. The molecule has 0 aliphatic carbocycles. The van der Waals surface area contributed by atoms with Crippen molar-refractivity contribution in [3.8, 4) is 0 Å². The lowest BCUT2D eigenvalue weighted by Gasteiger charge is -2.09. The van der Waals surface area contributed by atoms with Crippen LogP contribution in [0.1, 0.15) is 6.92 Å². The first-order chi connectivity index (χ1) is 4.70. The van der Waals surface area contributed by atoms with E-state index < -0.39 is 5.97 Å². The van der Waals surface area contributed by atoms with Crippen LogP contribution in [0.3, 0.4) is 0 Å². The van der Waals surface area contributed by atoms with Crippen LogP contribution in [0.5, 0.6) is 0 Å². The molecule has 6 heteroatoms. The molecule has 3 N–H and O–H groups in total. The summed E-state index contributed by atoms with van der Waals surface area (Å²) in [7, 11) is 0. The van der Waals surface area contributed by atoms with Gasteiger partial charge in [-0.15, -0.1) is 0 Å². The van der Waals surface area contributed by atoms with E-state index in [4.69, 9.17) is 5.21 Å². The maximum atomic E-state index is 10.4. The molecule has 0 aliphatic heterocycles. The molecule has 6 nitrogen and oxygen atoms in total. The lowest BCUT2D eigenvalue weighted by atomic mass is 10.7. The molecule has 0 saturated heterocycles. The molecular weight excluding hydrogens is 140 g/mol. The predicted molar refractivity (Wildman–Crippen MR) is 30.4 cm³/mol. The van der Waals surface area contributed by atoms with Crippen LogP contribution in [0.2, 0.25) is 0 Å². The van der Waals surface area contributed by atoms with Crippen molar-refractivity contribution in [2.75, 3.05) is 13.2 Å². The Morgan fingerprint density at radius 2 is 2.40 bits per heavy atom. The van der Waals surface area contributed by atoms with Gasteiger partial charge in [0.25, 0.3) is 0 Å². The minimum atomic E-state index is -0.744. The monoisotopic (exact) mass is 150 g/mol. The Morgan fingerprint density at radius 3 is 2.80 bits per heavy atom. The summed E-state index contributed by atoms with van der Waals surface area (Å²) in [5, 5.41) is 8.94. The lowest BCUT2D eigenvalue weighted by molar-refractivity contribution is -0.316. The van der Waals surface area contributed by atoms with E-state index >= 15 is 0 Å². The second kappa shape index (κ2) is 5.12. The van der Waals surface area contributed by atoms with E-state index in [2.05, 4.69) is 15.6 Å². The predicted octanol–water partition coefficient (Wildman–Crippen LogP) is -0.954. The second-order valence-electron chi connectivity index (χ2n) is 1.44. The lowest BCUT2D eigenvalue weighted by Crippen LogP contribution is -2.26. The molecule has 10 heavy (non-hydrogen) atoms. The van der Waals surface area contributed by atoms with Gasteiger partial charge in [-0.05, 0) is 12.2 Å². The van der Waals surface area contributed by atoms with Crippen molar-refractivity contribution >= 4 is 5.97 Å². The molecule has 0 spiro atoms. The number of carbonyl (C=O) groups excluding carboxylic acids is 1. The Bertz CT molecular complexity index is 107. The molecule has 0 atom stereocenters. The summed E-state index contributed by atoms with van der Waals surface area (Å²) >= 11 is 0. The third-order valence-electron chi connectivity index (χ3n) is 0.679. The second-order valence-corrected chi connectivity index (χ2v) is 1.44. The van der Waals surface area contributed by atoms with Gasteiger partial charge in [0.1, 0.15) is 0 Å². The van der Waals surface area contributed by atoms with Crippen molar-refractivity contribution < 1.29 is 19.7 Å². The maximum absolute atomic E-state index is 10.4. The zero-order valence-electron chi connectivity index (χ0n) is 5.61. The quantitative estimate of drug-likeness (QED) is 0.502. The Labute approximate surface area is 58.0 Å². The number of hydroxylamine groups is 2. The van der Waals surface area contributed by atoms with Crippen LogP contribution in [0.25, 0.3) is 0 Å². The standard InChI is InChI=1S/C4H10N2O4/c1-2-6(8)10-4(7)3-9-5/h8H,2-3,5H2,1H3. The molecule has 0 heterocycles. The molecule has 0 aromatic carbocycles. The normalized spacial score (nSPS) is 10.0. The molecule has 0 saturated carbocycles. The molecular formula is C4H10N2O4. The van der Waals surface area contributed by atoms with Crippen molar-refractivity contribution in [1.82, 2.24) is 5.23 Å². The largest absolute Gasteiger partial charge is 0.355 e. The van der Waals surface area contributed by atoms with Crippen molar-refractivity contribution in [2.45, 2.75) is 6.92 Å². The van der Waals surface area contributed by atoms with Gasteiger partial charge in [-0.25, -0.2) is 10.7 Å². The summed E-state index contributed by atoms with van der Waals surface area (Å²) < 4.78 is 0. The van der Waals surface area contributed by atoms with Crippen LogP contribution in [-0.4, -0.2) is 29.6 Å². The first-order valence-electron chi connectivity index (χ1n) is 2.69. The zero-order valence-corrected chi connectivity index (χ0v) is 5.61. The summed E-state index contributed by atoms with van der Waals surface area (Å²) in [5.74, 6) is 3.80. The minimum absolute atomic E-state index is 0.191. The van der Waals surface area contributed by atoms with Crippen LogP contribution in [-0.2, 0) is 14.5 Å². The number of hydrogen-bond acceptors (Lipinski definition) is 6. The Balaban J connectivity index is 3.37. The van der Waals surface area contributed by atoms with E-state index in [1.165, 1.54) is 0 Å². The van der Waals surface area contributed by atoms with E-state index in [0.717, 1.165) is 0 Å². The van der Waals surface area contributed by atoms with Crippen molar-refractivity contribution in [3.63, 3.8) is 0 Å². The molecule has 60 valence electrons. The van der Waals surface area contributed by atoms with Crippen LogP contribution in [0, 0.1) is 0 Å². The minimum Gasteiger partial charge on any atom is -0.340 e. The third-order valence-corrected chi connectivity index (χ3v) is 0.679. The van der Waals surface area contributed by atoms with Crippen molar-refractivity contribution in [1.29, 1.82) is 0 Å². The summed E-state index contributed by atoms with van der Waals surface area (Å²) in [5.41, 5.74) is 0.